The molecule has 0 heterocycles. The van der Waals surface area contributed by atoms with Crippen LogP contribution in [0.3, 0.4) is 0 Å². The molecule has 1 N–H and O–H groups in total. The number of nitrogens with one attached hydrogen (secondary N) is 1. The van der Waals surface area contributed by atoms with E-state index in [1.54, 1.807) is 18.2 Å². The van der Waals surface area contributed by atoms with Crippen LogP contribution in [0.25, 0.3) is 0 Å². The van der Waals surface area contributed by atoms with Crippen LogP contribution < -0.4 is 10.1 Å². The van der Waals surface area contributed by atoms with Crippen molar-refractivity contribution in [1.82, 2.24) is 5.32 Å². The van der Waals surface area contributed by atoms with E-state index in [1.165, 1.54) is 18.2 Å². The van der Waals surface area contributed by atoms with Gasteiger partial charge < -0.3 is 10.1 Å². The fourth-order valence-electron chi connectivity index (χ4n) is 1.94. The first-order chi connectivity index (χ1) is 10.0. The topological polar surface area (TPSA) is 21.3 Å². The minimum Gasteiger partial charge on any atom is -0.488 e. The van der Waals surface area contributed by atoms with Crippen LogP contribution in [0.5, 0.6) is 5.75 Å². The maximum atomic E-state index is 13.8. The Balaban J connectivity index is 2.21. The van der Waals surface area contributed by atoms with Crippen LogP contribution in [0.4, 0.5) is 8.78 Å². The lowest BCUT2D eigenvalue weighted by Gasteiger charge is -2.17. The SMILES string of the molecule is CNC(C)c1ccc(F)cc1OCc1ccc(Br)cc1F. The number of halogens is 3. The molecule has 0 radical (unpaired) electrons. The van der Waals surface area contributed by atoms with Crippen molar-refractivity contribution < 1.29 is 13.5 Å². The molecular weight excluding hydrogens is 340 g/mol. The quantitative estimate of drug-likeness (QED) is 0.846. The first-order valence-corrected chi connectivity index (χ1v) is 7.34. The van der Waals surface area contributed by atoms with E-state index in [-0.39, 0.29) is 24.3 Å². The molecule has 0 aromatic heterocycles. The summed E-state index contributed by atoms with van der Waals surface area (Å²) in [6, 6.07) is 9.14. The molecule has 0 spiro atoms. The molecule has 0 bridgehead atoms. The van der Waals surface area contributed by atoms with Crippen LogP contribution >= 0.6 is 15.9 Å². The molecule has 0 saturated heterocycles. The van der Waals surface area contributed by atoms with Crippen molar-refractivity contribution in [2.24, 2.45) is 0 Å². The zero-order valence-corrected chi connectivity index (χ0v) is 13.4. The maximum Gasteiger partial charge on any atom is 0.130 e. The number of hydrogen-bond acceptors (Lipinski definition) is 2. The van der Waals surface area contributed by atoms with Crippen LogP contribution in [0.1, 0.15) is 24.1 Å². The van der Waals surface area contributed by atoms with Gasteiger partial charge in [0.1, 0.15) is 24.0 Å². The summed E-state index contributed by atoms with van der Waals surface area (Å²) < 4.78 is 33.4. The molecule has 0 saturated carbocycles. The molecule has 0 amide bonds. The van der Waals surface area contributed by atoms with E-state index in [0.29, 0.717) is 15.8 Å². The third kappa shape index (κ3) is 4.02. The van der Waals surface area contributed by atoms with Gasteiger partial charge in [-0.2, -0.15) is 0 Å². The molecule has 2 rings (SSSR count). The van der Waals surface area contributed by atoms with Gasteiger partial charge in [0.2, 0.25) is 0 Å². The summed E-state index contributed by atoms with van der Waals surface area (Å²) in [5.41, 5.74) is 1.25. The summed E-state index contributed by atoms with van der Waals surface area (Å²) in [7, 11) is 1.81. The summed E-state index contributed by atoms with van der Waals surface area (Å²) in [5, 5.41) is 3.08. The van der Waals surface area contributed by atoms with Crippen molar-refractivity contribution in [1.29, 1.82) is 0 Å². The second-order valence-electron chi connectivity index (χ2n) is 4.72. The number of benzene rings is 2. The third-order valence-corrected chi connectivity index (χ3v) is 3.77. The van der Waals surface area contributed by atoms with E-state index in [0.717, 1.165) is 5.56 Å². The predicted molar refractivity (Wildman–Crippen MR) is 82.3 cm³/mol. The Kier molecular flexibility index (Phi) is 5.31. The molecule has 2 aromatic carbocycles. The Hall–Kier alpha value is -1.46. The third-order valence-electron chi connectivity index (χ3n) is 3.27. The minimum absolute atomic E-state index is 0.00960. The van der Waals surface area contributed by atoms with Gasteiger partial charge >= 0.3 is 0 Å². The van der Waals surface area contributed by atoms with Gasteiger partial charge in [0.15, 0.2) is 0 Å². The standard InChI is InChI=1S/C16H16BrF2NO/c1-10(20-2)14-6-5-13(18)8-16(14)21-9-11-3-4-12(17)7-15(11)19/h3-8,10,20H,9H2,1-2H3. The summed E-state index contributed by atoms with van der Waals surface area (Å²) >= 11 is 3.20. The number of hydrogen-bond donors (Lipinski definition) is 1. The van der Waals surface area contributed by atoms with E-state index in [4.69, 9.17) is 4.74 Å². The lowest BCUT2D eigenvalue weighted by molar-refractivity contribution is 0.292. The lowest BCUT2D eigenvalue weighted by atomic mass is 10.1. The Morgan fingerprint density at radius 3 is 2.62 bits per heavy atom. The van der Waals surface area contributed by atoms with E-state index in [1.807, 2.05) is 14.0 Å². The zero-order chi connectivity index (χ0) is 15.4. The monoisotopic (exact) mass is 355 g/mol. The molecule has 112 valence electrons. The summed E-state index contributed by atoms with van der Waals surface area (Å²) in [4.78, 5) is 0. The van der Waals surface area contributed by atoms with Gasteiger partial charge in [0.05, 0.1) is 0 Å². The van der Waals surface area contributed by atoms with E-state index < -0.39 is 0 Å². The average molecular weight is 356 g/mol. The Morgan fingerprint density at radius 2 is 1.95 bits per heavy atom. The van der Waals surface area contributed by atoms with Crippen molar-refractivity contribution in [2.75, 3.05) is 7.05 Å². The molecule has 0 aliphatic rings. The summed E-state index contributed by atoms with van der Waals surface area (Å²) in [6.45, 7) is 1.99. The number of ether oxygens (including phenoxy) is 1. The molecule has 1 unspecified atom stereocenters. The van der Waals surface area contributed by atoms with Crippen molar-refractivity contribution >= 4 is 15.9 Å². The van der Waals surface area contributed by atoms with E-state index >= 15 is 0 Å². The zero-order valence-electron chi connectivity index (χ0n) is 11.8. The maximum absolute atomic E-state index is 13.8. The van der Waals surface area contributed by atoms with Crippen molar-refractivity contribution in [3.63, 3.8) is 0 Å². The smallest absolute Gasteiger partial charge is 0.130 e. The van der Waals surface area contributed by atoms with Gasteiger partial charge in [0.25, 0.3) is 0 Å². The highest BCUT2D eigenvalue weighted by Gasteiger charge is 2.12. The molecule has 1 atom stereocenters. The van der Waals surface area contributed by atoms with Gasteiger partial charge in [0, 0.05) is 27.7 Å². The predicted octanol–water partition coefficient (Wildman–Crippen LogP) is 4.59. The highest BCUT2D eigenvalue weighted by atomic mass is 79.9. The molecule has 5 heteroatoms. The average Bonchev–Trinajstić information content (AvgIpc) is 2.45. The Labute approximate surface area is 131 Å². The summed E-state index contributed by atoms with van der Waals surface area (Å²) in [5.74, 6) is -0.323. The Morgan fingerprint density at radius 1 is 1.19 bits per heavy atom. The molecule has 0 aliphatic carbocycles. The van der Waals surface area contributed by atoms with E-state index in [2.05, 4.69) is 21.2 Å². The second kappa shape index (κ2) is 7.00. The molecule has 2 nitrogen and oxygen atoms in total. The van der Waals surface area contributed by atoms with Gasteiger partial charge in [-0.1, -0.05) is 28.1 Å². The van der Waals surface area contributed by atoms with Crippen molar-refractivity contribution in [2.45, 2.75) is 19.6 Å². The normalized spacial score (nSPS) is 12.2. The van der Waals surface area contributed by atoms with E-state index in [9.17, 15) is 8.78 Å². The summed E-state index contributed by atoms with van der Waals surface area (Å²) in [6.07, 6.45) is 0. The van der Waals surface area contributed by atoms with Crippen LogP contribution in [-0.4, -0.2) is 7.05 Å². The molecule has 21 heavy (non-hydrogen) atoms. The van der Waals surface area contributed by atoms with Crippen molar-refractivity contribution in [3.8, 4) is 5.75 Å². The molecule has 0 aliphatic heterocycles. The van der Waals surface area contributed by atoms with Gasteiger partial charge in [-0.15, -0.1) is 0 Å². The van der Waals surface area contributed by atoms with Gasteiger partial charge in [-0.05, 0) is 32.2 Å². The van der Waals surface area contributed by atoms with Crippen LogP contribution in [-0.2, 0) is 6.61 Å². The molecule has 2 aromatic rings. The molecular formula is C16H16BrF2NO. The van der Waals surface area contributed by atoms with Crippen LogP contribution in [0.15, 0.2) is 40.9 Å². The van der Waals surface area contributed by atoms with Gasteiger partial charge in [-0.25, -0.2) is 8.78 Å². The highest BCUT2D eigenvalue weighted by Crippen LogP contribution is 2.27. The fourth-order valence-corrected chi connectivity index (χ4v) is 2.27. The van der Waals surface area contributed by atoms with Gasteiger partial charge in [-0.3, -0.25) is 0 Å². The second-order valence-corrected chi connectivity index (χ2v) is 5.63. The minimum atomic E-state index is -0.381. The van der Waals surface area contributed by atoms with Crippen molar-refractivity contribution in [3.05, 3.63) is 63.6 Å². The lowest BCUT2D eigenvalue weighted by Crippen LogP contribution is -2.14. The largest absolute Gasteiger partial charge is 0.488 e. The fraction of sp³-hybridized carbons (Fsp3) is 0.250. The van der Waals surface area contributed by atoms with Crippen LogP contribution in [0.2, 0.25) is 0 Å². The Bertz CT molecular complexity index is 634. The first-order valence-electron chi connectivity index (χ1n) is 6.54. The first kappa shape index (κ1) is 15.9. The molecule has 0 fully saturated rings. The van der Waals surface area contributed by atoms with Crippen LogP contribution in [0, 0.1) is 11.6 Å². The number of rotatable bonds is 5. The highest BCUT2D eigenvalue weighted by molar-refractivity contribution is 9.10.